The van der Waals surface area contributed by atoms with E-state index >= 15 is 0 Å². The molecule has 0 spiro atoms. The van der Waals surface area contributed by atoms with Crippen LogP contribution < -0.4 is 10.1 Å². The molecule has 20 heavy (non-hydrogen) atoms. The molecule has 0 amide bonds. The third kappa shape index (κ3) is 1.66. The Kier molecular flexibility index (Phi) is 2.44. The first-order chi connectivity index (χ1) is 9.83. The number of hydrogen-bond acceptors (Lipinski definition) is 3. The van der Waals surface area contributed by atoms with Gasteiger partial charge >= 0.3 is 0 Å². The van der Waals surface area contributed by atoms with Crippen LogP contribution in [-0.2, 0) is 0 Å². The van der Waals surface area contributed by atoms with Gasteiger partial charge in [-0.3, -0.25) is 4.79 Å². The quantitative estimate of drug-likeness (QED) is 0.536. The Morgan fingerprint density at radius 2 is 1.75 bits per heavy atom. The van der Waals surface area contributed by atoms with Crippen molar-refractivity contribution in [3.63, 3.8) is 0 Å². The van der Waals surface area contributed by atoms with Crippen molar-refractivity contribution < 1.29 is 0 Å². The molecular formula is C16H10N2OS. The highest BCUT2D eigenvalue weighted by Crippen LogP contribution is 2.15. The Balaban J connectivity index is 2.06. The predicted molar refractivity (Wildman–Crippen MR) is 82.1 cm³/mol. The number of rotatable bonds is 1. The summed E-state index contributed by atoms with van der Waals surface area (Å²) in [5.74, 6) is 0. The van der Waals surface area contributed by atoms with Crippen LogP contribution in [0.2, 0.25) is 0 Å². The van der Waals surface area contributed by atoms with Gasteiger partial charge in [0.15, 0.2) is 4.96 Å². The van der Waals surface area contributed by atoms with E-state index < -0.39 is 0 Å². The second kappa shape index (κ2) is 4.28. The Hall–Kier alpha value is -2.46. The molecule has 0 N–H and O–H groups in total. The summed E-state index contributed by atoms with van der Waals surface area (Å²) in [4.78, 5) is 17.8. The number of para-hydroxylation sites is 2. The van der Waals surface area contributed by atoms with Gasteiger partial charge in [-0.25, -0.2) is 9.38 Å². The van der Waals surface area contributed by atoms with E-state index in [2.05, 4.69) is 4.98 Å². The smallest absolute Gasteiger partial charge is 0.267 e. The lowest BCUT2D eigenvalue weighted by molar-refractivity contribution is 1.19. The first-order valence-electron chi connectivity index (χ1n) is 6.30. The normalized spacial score (nSPS) is 12.5. The van der Waals surface area contributed by atoms with Gasteiger partial charge < -0.3 is 0 Å². The number of benzene rings is 2. The topological polar surface area (TPSA) is 34.4 Å². The van der Waals surface area contributed by atoms with Gasteiger partial charge in [-0.15, -0.1) is 0 Å². The van der Waals surface area contributed by atoms with Crippen molar-refractivity contribution in [1.82, 2.24) is 9.38 Å². The molecule has 2 heterocycles. The molecular weight excluding hydrogens is 268 g/mol. The van der Waals surface area contributed by atoms with Crippen LogP contribution in [0.15, 0.2) is 59.4 Å². The van der Waals surface area contributed by atoms with Crippen LogP contribution in [-0.4, -0.2) is 9.38 Å². The van der Waals surface area contributed by atoms with Crippen LogP contribution in [0.25, 0.3) is 22.1 Å². The van der Waals surface area contributed by atoms with Gasteiger partial charge in [0.1, 0.15) is 0 Å². The molecule has 0 saturated heterocycles. The SMILES string of the molecule is O=c1/c(=C/c2ccccc2)sc2nc3ccccc3n12. The number of fused-ring (bicyclic) bond motifs is 3. The van der Waals surface area contributed by atoms with E-state index in [0.717, 1.165) is 21.6 Å². The van der Waals surface area contributed by atoms with Gasteiger partial charge in [0.25, 0.3) is 5.56 Å². The van der Waals surface area contributed by atoms with Gasteiger partial charge in [0.05, 0.1) is 15.6 Å². The third-order valence-corrected chi connectivity index (χ3v) is 4.21. The second-order valence-corrected chi connectivity index (χ2v) is 5.55. The van der Waals surface area contributed by atoms with Crippen molar-refractivity contribution in [1.29, 1.82) is 0 Å². The molecule has 0 bridgehead atoms. The summed E-state index contributed by atoms with van der Waals surface area (Å²) in [6.45, 7) is 0. The van der Waals surface area contributed by atoms with Crippen molar-refractivity contribution in [3.05, 3.63) is 75.0 Å². The van der Waals surface area contributed by atoms with Crippen molar-refractivity contribution in [3.8, 4) is 0 Å². The molecule has 0 fully saturated rings. The van der Waals surface area contributed by atoms with Crippen LogP contribution in [0.1, 0.15) is 5.56 Å². The van der Waals surface area contributed by atoms with E-state index in [1.54, 1.807) is 4.40 Å². The molecule has 0 atom stereocenters. The summed E-state index contributed by atoms with van der Waals surface area (Å²) in [5.41, 5.74) is 2.76. The standard InChI is InChI=1S/C16H10N2OS/c19-15-14(10-11-6-2-1-3-7-11)20-16-17-12-8-4-5-9-13(12)18(15)16/h1-10H/b14-10-. The maximum Gasteiger partial charge on any atom is 0.274 e. The van der Waals surface area contributed by atoms with Crippen LogP contribution in [0, 0.1) is 0 Å². The summed E-state index contributed by atoms with van der Waals surface area (Å²) in [7, 11) is 0. The third-order valence-electron chi connectivity index (χ3n) is 3.24. The van der Waals surface area contributed by atoms with E-state index in [9.17, 15) is 4.79 Å². The fourth-order valence-electron chi connectivity index (χ4n) is 2.31. The van der Waals surface area contributed by atoms with Crippen LogP contribution in [0.5, 0.6) is 0 Å². The van der Waals surface area contributed by atoms with Crippen molar-refractivity contribution in [2.75, 3.05) is 0 Å². The van der Waals surface area contributed by atoms with Crippen molar-refractivity contribution in [2.24, 2.45) is 0 Å². The molecule has 0 unspecified atom stereocenters. The Bertz CT molecular complexity index is 1020. The van der Waals surface area contributed by atoms with E-state index in [1.165, 1.54) is 11.3 Å². The van der Waals surface area contributed by atoms with Crippen LogP contribution >= 0.6 is 11.3 Å². The van der Waals surface area contributed by atoms with Gasteiger partial charge in [-0.1, -0.05) is 53.8 Å². The Morgan fingerprint density at radius 3 is 2.60 bits per heavy atom. The summed E-state index contributed by atoms with van der Waals surface area (Å²) >= 11 is 1.43. The zero-order valence-electron chi connectivity index (χ0n) is 10.5. The molecule has 3 nitrogen and oxygen atoms in total. The maximum absolute atomic E-state index is 12.5. The number of aromatic nitrogens is 2. The molecule has 4 heteroatoms. The van der Waals surface area contributed by atoms with Gasteiger partial charge in [-0.05, 0) is 23.8 Å². The van der Waals surface area contributed by atoms with E-state index in [0.29, 0.717) is 4.53 Å². The minimum Gasteiger partial charge on any atom is -0.267 e. The number of hydrogen-bond donors (Lipinski definition) is 0. The van der Waals surface area contributed by atoms with Gasteiger partial charge in [0.2, 0.25) is 0 Å². The highest BCUT2D eigenvalue weighted by atomic mass is 32.1. The highest BCUT2D eigenvalue weighted by Gasteiger charge is 2.09. The monoisotopic (exact) mass is 278 g/mol. The van der Waals surface area contributed by atoms with Gasteiger partial charge in [-0.2, -0.15) is 0 Å². The molecule has 0 saturated carbocycles. The van der Waals surface area contributed by atoms with Crippen LogP contribution in [0.3, 0.4) is 0 Å². The summed E-state index contributed by atoms with van der Waals surface area (Å²) < 4.78 is 2.40. The minimum absolute atomic E-state index is 0.00236. The average Bonchev–Trinajstić information content (AvgIpc) is 2.98. The van der Waals surface area contributed by atoms with Crippen molar-refractivity contribution >= 4 is 33.4 Å². The predicted octanol–water partition coefficient (Wildman–Crippen LogP) is 2.46. The lowest BCUT2D eigenvalue weighted by atomic mass is 10.2. The minimum atomic E-state index is 0.00236. The summed E-state index contributed by atoms with van der Waals surface area (Å²) in [6.07, 6.45) is 1.91. The number of imidazole rings is 1. The first-order valence-corrected chi connectivity index (χ1v) is 7.11. The molecule has 96 valence electrons. The summed E-state index contributed by atoms with van der Waals surface area (Å²) in [5, 5.41) is 0. The molecule has 0 radical (unpaired) electrons. The fourth-order valence-corrected chi connectivity index (χ4v) is 3.30. The van der Waals surface area contributed by atoms with Crippen molar-refractivity contribution in [2.45, 2.75) is 0 Å². The molecule has 2 aromatic heterocycles. The maximum atomic E-state index is 12.5. The number of nitrogens with zero attached hydrogens (tertiary/aromatic N) is 2. The lowest BCUT2D eigenvalue weighted by Crippen LogP contribution is -2.22. The average molecular weight is 278 g/mol. The number of thiazole rings is 1. The fraction of sp³-hybridized carbons (Fsp3) is 0. The lowest BCUT2D eigenvalue weighted by Gasteiger charge is -1.88. The molecule has 4 aromatic rings. The highest BCUT2D eigenvalue weighted by molar-refractivity contribution is 7.15. The van der Waals surface area contributed by atoms with E-state index in [4.69, 9.17) is 0 Å². The Labute approximate surface area is 118 Å². The first kappa shape index (κ1) is 11.4. The Morgan fingerprint density at radius 1 is 1.00 bits per heavy atom. The van der Waals surface area contributed by atoms with Gasteiger partial charge in [0, 0.05) is 0 Å². The zero-order valence-corrected chi connectivity index (χ0v) is 11.3. The van der Waals surface area contributed by atoms with Crippen LogP contribution in [0.4, 0.5) is 0 Å². The molecule has 2 aromatic carbocycles. The molecule has 0 aliphatic heterocycles. The van der Waals surface area contributed by atoms with E-state index in [1.807, 2.05) is 60.7 Å². The second-order valence-electron chi connectivity index (χ2n) is 4.54. The van der Waals surface area contributed by atoms with E-state index in [-0.39, 0.29) is 5.56 Å². The summed E-state index contributed by atoms with van der Waals surface area (Å²) in [6, 6.07) is 17.6. The molecule has 0 aliphatic carbocycles. The zero-order chi connectivity index (χ0) is 13.5. The largest absolute Gasteiger partial charge is 0.274 e. The molecule has 0 aliphatic rings. The molecule has 4 rings (SSSR count).